The molecule has 0 fully saturated rings. The summed E-state index contributed by atoms with van der Waals surface area (Å²) in [6.45, 7) is 5.59. The summed E-state index contributed by atoms with van der Waals surface area (Å²) in [7, 11) is 0. The van der Waals surface area contributed by atoms with Crippen LogP contribution < -0.4 is 5.56 Å². The Morgan fingerprint density at radius 2 is 2.14 bits per heavy atom. The quantitative estimate of drug-likeness (QED) is 0.804. The molecule has 0 saturated heterocycles. The van der Waals surface area contributed by atoms with Crippen LogP contribution >= 0.6 is 0 Å². The lowest BCUT2D eigenvalue weighted by Gasteiger charge is -2.09. The molecule has 0 aromatic carbocycles. The van der Waals surface area contributed by atoms with Gasteiger partial charge in [0.05, 0.1) is 11.3 Å². The molecule has 0 amide bonds. The van der Waals surface area contributed by atoms with Crippen LogP contribution in [-0.2, 0) is 6.42 Å². The highest BCUT2D eigenvalue weighted by Gasteiger charge is 2.18. The zero-order valence-electron chi connectivity index (χ0n) is 12.8. The predicted octanol–water partition coefficient (Wildman–Crippen LogP) is 2.62. The van der Waals surface area contributed by atoms with Crippen LogP contribution in [0.25, 0.3) is 16.8 Å². The maximum absolute atomic E-state index is 12.4. The molecule has 0 radical (unpaired) electrons. The first-order chi connectivity index (χ1) is 10.5. The summed E-state index contributed by atoms with van der Waals surface area (Å²) in [4.78, 5) is 16.6. The van der Waals surface area contributed by atoms with Gasteiger partial charge >= 0.3 is 0 Å². The van der Waals surface area contributed by atoms with E-state index in [1.54, 1.807) is 26.1 Å². The molecule has 3 aromatic heterocycles. The van der Waals surface area contributed by atoms with E-state index in [0.29, 0.717) is 29.0 Å². The van der Waals surface area contributed by atoms with Crippen molar-refractivity contribution < 1.29 is 9.63 Å². The topological polar surface area (TPSA) is 80.6 Å². The Kier molecular flexibility index (Phi) is 3.44. The normalized spacial score (nSPS) is 11.2. The van der Waals surface area contributed by atoms with E-state index in [9.17, 15) is 9.90 Å². The highest BCUT2D eigenvalue weighted by molar-refractivity contribution is 5.79. The molecule has 114 valence electrons. The molecule has 6 heteroatoms. The van der Waals surface area contributed by atoms with Gasteiger partial charge in [-0.2, -0.15) is 0 Å². The van der Waals surface area contributed by atoms with Crippen LogP contribution in [-0.4, -0.2) is 19.6 Å². The lowest BCUT2D eigenvalue weighted by Crippen LogP contribution is -2.19. The molecule has 22 heavy (non-hydrogen) atoms. The SMILES string of the molecule is CCCc1cnc2c(O)c(-c3c(C)noc3C)ccn2c1=O. The fourth-order valence-electron chi connectivity index (χ4n) is 2.68. The van der Waals surface area contributed by atoms with Crippen LogP contribution in [0.2, 0.25) is 0 Å². The third-order valence-corrected chi connectivity index (χ3v) is 3.74. The number of fused-ring (bicyclic) bond motifs is 1. The number of aromatic hydroxyl groups is 1. The van der Waals surface area contributed by atoms with Crippen molar-refractivity contribution >= 4 is 5.65 Å². The van der Waals surface area contributed by atoms with Crippen LogP contribution in [0.15, 0.2) is 27.8 Å². The van der Waals surface area contributed by atoms with Crippen molar-refractivity contribution in [3.63, 3.8) is 0 Å². The van der Waals surface area contributed by atoms with Crippen molar-refractivity contribution in [3.8, 4) is 16.9 Å². The number of aromatic nitrogens is 3. The zero-order valence-corrected chi connectivity index (χ0v) is 12.8. The first kappa shape index (κ1) is 14.3. The van der Waals surface area contributed by atoms with E-state index < -0.39 is 0 Å². The summed E-state index contributed by atoms with van der Waals surface area (Å²) >= 11 is 0. The maximum Gasteiger partial charge on any atom is 0.261 e. The molecule has 3 aromatic rings. The third-order valence-electron chi connectivity index (χ3n) is 3.74. The third kappa shape index (κ3) is 2.07. The van der Waals surface area contributed by atoms with Gasteiger partial charge in [0, 0.05) is 23.5 Å². The first-order valence-electron chi connectivity index (χ1n) is 7.20. The van der Waals surface area contributed by atoms with Gasteiger partial charge in [-0.3, -0.25) is 9.20 Å². The van der Waals surface area contributed by atoms with Gasteiger partial charge in [0.15, 0.2) is 11.4 Å². The minimum Gasteiger partial charge on any atom is -0.504 e. The molecule has 6 nitrogen and oxygen atoms in total. The van der Waals surface area contributed by atoms with Crippen LogP contribution in [0.1, 0.15) is 30.4 Å². The Labute approximate surface area is 127 Å². The molecular formula is C16H17N3O3. The molecule has 3 rings (SSSR count). The number of hydrogen-bond donors (Lipinski definition) is 1. The second kappa shape index (κ2) is 5.29. The van der Waals surface area contributed by atoms with Gasteiger partial charge in [-0.25, -0.2) is 4.98 Å². The average Bonchev–Trinajstić information content (AvgIpc) is 2.82. The van der Waals surface area contributed by atoms with Crippen LogP contribution in [0.5, 0.6) is 5.75 Å². The highest BCUT2D eigenvalue weighted by Crippen LogP contribution is 2.35. The molecule has 0 bridgehead atoms. The Balaban J connectivity index is 2.28. The predicted molar refractivity (Wildman–Crippen MR) is 82.1 cm³/mol. The Hall–Kier alpha value is -2.63. The highest BCUT2D eigenvalue weighted by atomic mass is 16.5. The molecule has 0 aliphatic rings. The van der Waals surface area contributed by atoms with E-state index in [2.05, 4.69) is 10.1 Å². The second-order valence-electron chi connectivity index (χ2n) is 5.31. The standard InChI is InChI=1S/C16H17N3O3/c1-4-5-11-8-17-15-14(20)12(6-7-19(15)16(11)21)13-9(2)18-22-10(13)3/h6-8,20H,4-5H2,1-3H3. The largest absolute Gasteiger partial charge is 0.504 e. The number of pyridine rings is 1. The van der Waals surface area contributed by atoms with Gasteiger partial charge in [0.1, 0.15) is 5.76 Å². The van der Waals surface area contributed by atoms with Gasteiger partial charge in [-0.05, 0) is 26.3 Å². The van der Waals surface area contributed by atoms with Crippen molar-refractivity contribution in [1.29, 1.82) is 0 Å². The summed E-state index contributed by atoms with van der Waals surface area (Å²) < 4.78 is 6.52. The second-order valence-corrected chi connectivity index (χ2v) is 5.31. The zero-order chi connectivity index (χ0) is 15.9. The minimum absolute atomic E-state index is 0.0444. The van der Waals surface area contributed by atoms with E-state index in [0.717, 1.165) is 12.0 Å². The van der Waals surface area contributed by atoms with Gasteiger partial charge in [0.25, 0.3) is 5.56 Å². The smallest absolute Gasteiger partial charge is 0.261 e. The molecule has 0 atom stereocenters. The average molecular weight is 299 g/mol. The fourth-order valence-corrected chi connectivity index (χ4v) is 2.68. The summed E-state index contributed by atoms with van der Waals surface area (Å²) in [5, 5.41) is 14.4. The number of rotatable bonds is 3. The van der Waals surface area contributed by atoms with Crippen molar-refractivity contribution in [2.75, 3.05) is 0 Å². The minimum atomic E-state index is -0.146. The van der Waals surface area contributed by atoms with Gasteiger partial charge in [-0.1, -0.05) is 18.5 Å². The Morgan fingerprint density at radius 1 is 1.36 bits per heavy atom. The van der Waals surface area contributed by atoms with Crippen molar-refractivity contribution in [2.24, 2.45) is 0 Å². The molecule has 0 aliphatic carbocycles. The van der Waals surface area contributed by atoms with E-state index in [1.165, 1.54) is 10.6 Å². The lowest BCUT2D eigenvalue weighted by atomic mass is 10.0. The maximum atomic E-state index is 12.4. The Morgan fingerprint density at radius 3 is 2.77 bits per heavy atom. The van der Waals surface area contributed by atoms with Gasteiger partial charge in [-0.15, -0.1) is 0 Å². The van der Waals surface area contributed by atoms with Crippen LogP contribution in [0, 0.1) is 13.8 Å². The van der Waals surface area contributed by atoms with E-state index >= 15 is 0 Å². The number of nitrogens with zero attached hydrogens (tertiary/aromatic N) is 3. The monoisotopic (exact) mass is 299 g/mol. The molecule has 0 unspecified atom stereocenters. The van der Waals surface area contributed by atoms with Crippen LogP contribution in [0.4, 0.5) is 0 Å². The van der Waals surface area contributed by atoms with Gasteiger partial charge < -0.3 is 9.63 Å². The summed E-state index contributed by atoms with van der Waals surface area (Å²) in [6, 6.07) is 1.69. The van der Waals surface area contributed by atoms with Crippen molar-refractivity contribution in [2.45, 2.75) is 33.6 Å². The molecule has 1 N–H and O–H groups in total. The van der Waals surface area contributed by atoms with E-state index in [1.807, 2.05) is 6.92 Å². The molecule has 0 aliphatic heterocycles. The summed E-state index contributed by atoms with van der Waals surface area (Å²) in [6.07, 6.45) is 4.70. The van der Waals surface area contributed by atoms with Gasteiger partial charge in [0.2, 0.25) is 0 Å². The lowest BCUT2D eigenvalue weighted by molar-refractivity contribution is 0.393. The molecule has 0 spiro atoms. The van der Waals surface area contributed by atoms with Crippen molar-refractivity contribution in [1.82, 2.24) is 14.5 Å². The molecule has 0 saturated carbocycles. The molecular weight excluding hydrogens is 282 g/mol. The van der Waals surface area contributed by atoms with Crippen molar-refractivity contribution in [3.05, 3.63) is 45.8 Å². The summed E-state index contributed by atoms with van der Waals surface area (Å²) in [5.74, 6) is 0.569. The van der Waals surface area contributed by atoms with E-state index in [-0.39, 0.29) is 17.0 Å². The summed E-state index contributed by atoms with van der Waals surface area (Å²) in [5.41, 5.74) is 2.71. The number of hydrogen-bond acceptors (Lipinski definition) is 5. The first-order valence-corrected chi connectivity index (χ1v) is 7.20. The Bertz CT molecular complexity index is 889. The van der Waals surface area contributed by atoms with E-state index in [4.69, 9.17) is 4.52 Å². The fraction of sp³-hybridized carbons (Fsp3) is 0.312. The van der Waals surface area contributed by atoms with Crippen LogP contribution in [0.3, 0.4) is 0 Å². The molecule has 3 heterocycles. The number of aryl methyl sites for hydroxylation is 3.